The van der Waals surface area contributed by atoms with Gasteiger partial charge in [-0.3, -0.25) is 4.57 Å². The van der Waals surface area contributed by atoms with E-state index >= 15 is 0 Å². The molecule has 7 nitrogen and oxygen atoms in total. The Bertz CT molecular complexity index is 980. The molecule has 2 aromatic carbocycles. The average Bonchev–Trinajstić information content (AvgIpc) is 3.01. The van der Waals surface area contributed by atoms with Crippen molar-refractivity contribution in [2.24, 2.45) is 5.10 Å². The summed E-state index contributed by atoms with van der Waals surface area (Å²) in [5, 5.41) is 17.9. The summed E-state index contributed by atoms with van der Waals surface area (Å²) in [6, 6.07) is 19.6. The summed E-state index contributed by atoms with van der Waals surface area (Å²) >= 11 is 0. The zero-order valence-electron chi connectivity index (χ0n) is 14.2. The molecule has 0 spiro atoms. The van der Waals surface area contributed by atoms with E-state index < -0.39 is 4.92 Å². The van der Waals surface area contributed by atoms with E-state index in [1.54, 1.807) is 11.9 Å². The van der Waals surface area contributed by atoms with E-state index in [0.29, 0.717) is 24.7 Å². The number of fused-ring (bicyclic) bond motifs is 1. The first-order valence-corrected chi connectivity index (χ1v) is 8.29. The van der Waals surface area contributed by atoms with Crippen molar-refractivity contribution < 1.29 is 4.92 Å². The van der Waals surface area contributed by atoms with E-state index in [1.165, 1.54) is 0 Å². The second-order valence-corrected chi connectivity index (χ2v) is 6.11. The maximum atomic E-state index is 11.5. The summed E-state index contributed by atoms with van der Waals surface area (Å²) in [5.74, 6) is 0.874. The Hall–Kier alpha value is -3.48. The molecule has 26 heavy (non-hydrogen) atoms. The number of hydrogen-bond acceptors (Lipinski definition) is 5. The van der Waals surface area contributed by atoms with Gasteiger partial charge in [0.25, 0.3) is 0 Å². The zero-order valence-corrected chi connectivity index (χ0v) is 14.2. The zero-order chi connectivity index (χ0) is 18.1. The number of benzene rings is 2. The van der Waals surface area contributed by atoms with E-state index in [2.05, 4.69) is 4.98 Å². The first kappa shape index (κ1) is 16.0. The molecule has 0 amide bonds. The third-order valence-electron chi connectivity index (χ3n) is 4.36. The van der Waals surface area contributed by atoms with Crippen molar-refractivity contribution in [1.29, 1.82) is 0 Å². The molecule has 130 valence electrons. The molecule has 0 fully saturated rings. The highest BCUT2D eigenvalue weighted by Gasteiger charge is 2.33. The second-order valence-electron chi connectivity index (χ2n) is 6.11. The van der Waals surface area contributed by atoms with Gasteiger partial charge in [-0.1, -0.05) is 60.7 Å². The van der Waals surface area contributed by atoms with Crippen molar-refractivity contribution in [2.45, 2.75) is 20.0 Å². The topological polar surface area (TPSA) is 76.6 Å². The Balaban J connectivity index is 1.82. The molecule has 0 bridgehead atoms. The van der Waals surface area contributed by atoms with Gasteiger partial charge in [0.05, 0.1) is 18.8 Å². The van der Waals surface area contributed by atoms with Crippen LogP contribution in [0.1, 0.15) is 17.0 Å². The van der Waals surface area contributed by atoms with Gasteiger partial charge in [-0.05, 0) is 21.0 Å². The third kappa shape index (κ3) is 2.83. The summed E-state index contributed by atoms with van der Waals surface area (Å²) in [6.07, 6.45) is 0. The summed E-state index contributed by atoms with van der Waals surface area (Å²) in [5.41, 5.74) is 2.86. The molecular formula is C19H17N5O2. The van der Waals surface area contributed by atoms with Gasteiger partial charge >= 0.3 is 5.82 Å². The van der Waals surface area contributed by atoms with Gasteiger partial charge in [-0.2, -0.15) is 5.10 Å². The fourth-order valence-corrected chi connectivity index (χ4v) is 3.12. The molecule has 0 saturated carbocycles. The van der Waals surface area contributed by atoms with Crippen LogP contribution in [0, 0.1) is 17.0 Å². The molecule has 0 saturated heterocycles. The smallest absolute Gasteiger partial charge is 0.358 e. The molecule has 1 aliphatic rings. The van der Waals surface area contributed by atoms with Gasteiger partial charge in [0, 0.05) is 6.92 Å². The SMILES string of the molecule is Cc1nc([N+](=O)[O-])c2n1CC(c1ccccc1)=NN2Cc1ccccc1. The summed E-state index contributed by atoms with van der Waals surface area (Å²) < 4.78 is 1.86. The van der Waals surface area contributed by atoms with Crippen molar-refractivity contribution >= 4 is 17.3 Å². The highest BCUT2D eigenvalue weighted by molar-refractivity contribution is 6.02. The number of aromatic nitrogens is 2. The lowest BCUT2D eigenvalue weighted by molar-refractivity contribution is -0.388. The van der Waals surface area contributed by atoms with Gasteiger partial charge in [0.1, 0.15) is 0 Å². The molecule has 4 rings (SSSR count). The average molecular weight is 347 g/mol. The van der Waals surface area contributed by atoms with Crippen molar-refractivity contribution in [2.75, 3.05) is 5.01 Å². The first-order chi connectivity index (χ1) is 12.6. The Morgan fingerprint density at radius 3 is 2.38 bits per heavy atom. The van der Waals surface area contributed by atoms with Crippen LogP contribution in [0.5, 0.6) is 0 Å². The number of nitro groups is 1. The van der Waals surface area contributed by atoms with Gasteiger partial charge in [-0.25, -0.2) is 5.01 Å². The second kappa shape index (κ2) is 6.44. The number of anilines is 1. The summed E-state index contributed by atoms with van der Waals surface area (Å²) in [6.45, 7) is 2.67. The van der Waals surface area contributed by atoms with Crippen molar-refractivity contribution in [3.8, 4) is 0 Å². The third-order valence-corrected chi connectivity index (χ3v) is 4.36. The Labute approximate surface area is 150 Å². The Morgan fingerprint density at radius 2 is 1.73 bits per heavy atom. The van der Waals surface area contributed by atoms with Crippen LogP contribution in [0.2, 0.25) is 0 Å². The minimum Gasteiger partial charge on any atom is -0.358 e. The maximum absolute atomic E-state index is 11.5. The molecule has 2 heterocycles. The van der Waals surface area contributed by atoms with Crippen LogP contribution in [-0.4, -0.2) is 20.2 Å². The fourth-order valence-electron chi connectivity index (χ4n) is 3.12. The molecule has 7 heteroatoms. The van der Waals surface area contributed by atoms with Crippen molar-refractivity contribution in [1.82, 2.24) is 9.55 Å². The molecule has 0 N–H and O–H groups in total. The van der Waals surface area contributed by atoms with Gasteiger partial charge in [0.15, 0.2) is 0 Å². The lowest BCUT2D eigenvalue weighted by atomic mass is 10.1. The van der Waals surface area contributed by atoms with Crippen LogP contribution < -0.4 is 5.01 Å². The predicted molar refractivity (Wildman–Crippen MR) is 99.2 cm³/mol. The Kier molecular flexibility index (Phi) is 3.96. The van der Waals surface area contributed by atoms with E-state index in [-0.39, 0.29) is 5.82 Å². The van der Waals surface area contributed by atoms with Crippen LogP contribution in [0.3, 0.4) is 0 Å². The minimum atomic E-state index is -0.445. The normalized spacial score (nSPS) is 13.3. The fraction of sp³-hybridized carbons (Fsp3) is 0.158. The largest absolute Gasteiger partial charge is 0.408 e. The van der Waals surface area contributed by atoms with Crippen LogP contribution in [0.4, 0.5) is 11.6 Å². The van der Waals surface area contributed by atoms with E-state index in [0.717, 1.165) is 16.8 Å². The monoisotopic (exact) mass is 347 g/mol. The van der Waals surface area contributed by atoms with Crippen LogP contribution in [0.25, 0.3) is 0 Å². The van der Waals surface area contributed by atoms with Crippen molar-refractivity contribution in [3.63, 3.8) is 0 Å². The number of rotatable bonds is 4. The summed E-state index contributed by atoms with van der Waals surface area (Å²) in [7, 11) is 0. The highest BCUT2D eigenvalue weighted by atomic mass is 16.6. The highest BCUT2D eigenvalue weighted by Crippen LogP contribution is 2.33. The molecule has 0 atom stereocenters. The van der Waals surface area contributed by atoms with E-state index in [4.69, 9.17) is 5.10 Å². The maximum Gasteiger partial charge on any atom is 0.408 e. The van der Waals surface area contributed by atoms with Crippen LogP contribution in [-0.2, 0) is 13.1 Å². The molecule has 3 aromatic rings. The van der Waals surface area contributed by atoms with Gasteiger partial charge in [-0.15, -0.1) is 0 Å². The number of hydrazone groups is 1. The van der Waals surface area contributed by atoms with E-state index in [1.807, 2.05) is 65.2 Å². The molecule has 1 aliphatic heterocycles. The van der Waals surface area contributed by atoms with Crippen LogP contribution >= 0.6 is 0 Å². The lowest BCUT2D eigenvalue weighted by Crippen LogP contribution is -2.30. The van der Waals surface area contributed by atoms with Gasteiger partial charge in [0.2, 0.25) is 11.6 Å². The Morgan fingerprint density at radius 1 is 1.08 bits per heavy atom. The lowest BCUT2D eigenvalue weighted by Gasteiger charge is -2.26. The van der Waals surface area contributed by atoms with Crippen LogP contribution in [0.15, 0.2) is 65.8 Å². The molecule has 1 aromatic heterocycles. The number of imidazole rings is 1. The van der Waals surface area contributed by atoms with E-state index in [9.17, 15) is 10.1 Å². The first-order valence-electron chi connectivity index (χ1n) is 8.29. The standard InChI is InChI=1S/C19H17N5O2/c1-14-20-18(24(25)26)19-22(14)13-17(16-10-6-3-7-11-16)21-23(19)12-15-8-4-2-5-9-15/h2-11H,12-13H2,1H3. The number of nitrogens with zero attached hydrogens (tertiary/aromatic N) is 5. The minimum absolute atomic E-state index is 0.158. The number of aryl methyl sites for hydroxylation is 1. The molecule has 0 aliphatic carbocycles. The number of hydrogen-bond donors (Lipinski definition) is 0. The van der Waals surface area contributed by atoms with Crippen molar-refractivity contribution in [3.05, 3.63) is 87.7 Å². The molecule has 0 unspecified atom stereocenters. The summed E-state index contributed by atoms with van der Waals surface area (Å²) in [4.78, 5) is 15.2. The quantitative estimate of drug-likeness (QED) is 0.534. The van der Waals surface area contributed by atoms with Gasteiger partial charge < -0.3 is 10.1 Å². The molecule has 0 radical (unpaired) electrons. The molecular weight excluding hydrogens is 330 g/mol. The predicted octanol–water partition coefficient (Wildman–Crippen LogP) is 3.52.